The van der Waals surface area contributed by atoms with Gasteiger partial charge < -0.3 is 10.6 Å². The van der Waals surface area contributed by atoms with Crippen LogP contribution in [0.1, 0.15) is 17.3 Å². The monoisotopic (exact) mass is 317 g/mol. The average Bonchev–Trinajstić information content (AvgIpc) is 2.99. The molecule has 0 radical (unpaired) electrons. The summed E-state index contributed by atoms with van der Waals surface area (Å²) in [7, 11) is 0. The minimum atomic E-state index is -0.226. The number of benzene rings is 1. The maximum atomic E-state index is 12.7. The van der Waals surface area contributed by atoms with Crippen LogP contribution in [-0.4, -0.2) is 20.7 Å². The van der Waals surface area contributed by atoms with Crippen LogP contribution in [0.3, 0.4) is 0 Å². The van der Waals surface area contributed by atoms with Gasteiger partial charge in [0.1, 0.15) is 11.4 Å². The lowest BCUT2D eigenvalue weighted by Crippen LogP contribution is -2.17. The maximum absolute atomic E-state index is 12.7. The first-order chi connectivity index (χ1) is 11.6. The Bertz CT molecular complexity index is 1010. The van der Waals surface area contributed by atoms with Gasteiger partial charge >= 0.3 is 0 Å². The Morgan fingerprint density at radius 1 is 1.29 bits per heavy atom. The molecule has 6 nitrogen and oxygen atoms in total. The highest BCUT2D eigenvalue weighted by atomic mass is 16.1. The van der Waals surface area contributed by atoms with Crippen molar-refractivity contribution < 1.29 is 4.79 Å². The molecule has 0 unspecified atom stereocenters. The molecule has 1 aromatic carbocycles. The van der Waals surface area contributed by atoms with Gasteiger partial charge in [-0.3, -0.25) is 9.78 Å². The van der Waals surface area contributed by atoms with Gasteiger partial charge in [-0.05, 0) is 25.1 Å². The molecular weight excluding hydrogens is 302 g/mol. The molecule has 1 aliphatic heterocycles. The van der Waals surface area contributed by atoms with E-state index in [2.05, 4.69) is 27.3 Å². The Morgan fingerprint density at radius 3 is 3.04 bits per heavy atom. The van der Waals surface area contributed by atoms with Crippen LogP contribution in [0.4, 0.5) is 11.5 Å². The number of rotatable bonds is 2. The fourth-order valence-electron chi connectivity index (χ4n) is 2.82. The molecule has 2 N–H and O–H groups in total. The van der Waals surface area contributed by atoms with Gasteiger partial charge in [0.25, 0.3) is 5.91 Å². The molecule has 0 saturated heterocycles. The van der Waals surface area contributed by atoms with Crippen LogP contribution in [0.5, 0.6) is 0 Å². The summed E-state index contributed by atoms with van der Waals surface area (Å²) in [5, 5.41) is 12.2. The summed E-state index contributed by atoms with van der Waals surface area (Å²) >= 11 is 0. The van der Waals surface area contributed by atoms with Gasteiger partial charge in [-0.1, -0.05) is 18.7 Å². The van der Waals surface area contributed by atoms with E-state index in [1.165, 1.54) is 0 Å². The van der Waals surface area contributed by atoms with E-state index < -0.39 is 0 Å². The van der Waals surface area contributed by atoms with Crippen molar-refractivity contribution in [3.63, 3.8) is 0 Å². The lowest BCUT2D eigenvalue weighted by atomic mass is 10.1. The zero-order valence-corrected chi connectivity index (χ0v) is 13.1. The summed E-state index contributed by atoms with van der Waals surface area (Å²) in [5.74, 6) is 0.398. The third kappa shape index (κ3) is 2.25. The first kappa shape index (κ1) is 14.2. The zero-order valence-electron chi connectivity index (χ0n) is 13.1. The van der Waals surface area contributed by atoms with Gasteiger partial charge in [0.15, 0.2) is 0 Å². The molecule has 4 rings (SSSR count). The van der Waals surface area contributed by atoms with Crippen LogP contribution in [0, 0.1) is 0 Å². The molecule has 3 heterocycles. The molecule has 0 saturated carbocycles. The largest absolute Gasteiger partial charge is 0.340 e. The van der Waals surface area contributed by atoms with Crippen molar-refractivity contribution in [2.24, 2.45) is 0 Å². The number of fused-ring (bicyclic) bond motifs is 2. The number of pyridine rings is 1. The zero-order chi connectivity index (χ0) is 16.7. The number of hydrogen-bond donors (Lipinski definition) is 2. The van der Waals surface area contributed by atoms with E-state index in [1.54, 1.807) is 23.3 Å². The molecule has 24 heavy (non-hydrogen) atoms. The van der Waals surface area contributed by atoms with E-state index >= 15 is 0 Å². The molecule has 2 aromatic heterocycles. The number of hydrogen-bond acceptors (Lipinski definition) is 4. The fraction of sp³-hybridized carbons (Fsp3) is 0.0556. The highest BCUT2D eigenvalue weighted by Gasteiger charge is 2.21. The van der Waals surface area contributed by atoms with Crippen molar-refractivity contribution in [1.29, 1.82) is 0 Å². The summed E-state index contributed by atoms with van der Waals surface area (Å²) in [6.07, 6.45) is 6.91. The molecule has 0 aliphatic carbocycles. The Hall–Kier alpha value is -3.41. The van der Waals surface area contributed by atoms with Crippen LogP contribution >= 0.6 is 0 Å². The molecule has 1 amide bonds. The second kappa shape index (κ2) is 5.34. The molecule has 6 heteroatoms. The number of aromatic nitrogens is 3. The SMILES string of the molecule is C=C1C=C(C)n2ncc(C(=O)Nc3cccc4cnccc34)c2N1. The van der Waals surface area contributed by atoms with Crippen LogP contribution in [0.2, 0.25) is 0 Å². The van der Waals surface area contributed by atoms with Gasteiger partial charge in [-0.2, -0.15) is 5.10 Å². The number of amides is 1. The van der Waals surface area contributed by atoms with Crippen molar-refractivity contribution in [2.45, 2.75) is 6.92 Å². The summed E-state index contributed by atoms with van der Waals surface area (Å²) in [6.45, 7) is 5.82. The predicted octanol–water partition coefficient (Wildman–Crippen LogP) is 3.48. The Morgan fingerprint density at radius 2 is 2.17 bits per heavy atom. The molecule has 0 fully saturated rings. The highest BCUT2D eigenvalue weighted by molar-refractivity contribution is 6.11. The molecule has 0 atom stereocenters. The van der Waals surface area contributed by atoms with Gasteiger partial charge in [0.2, 0.25) is 0 Å². The number of anilines is 2. The third-order valence-electron chi connectivity index (χ3n) is 3.94. The van der Waals surface area contributed by atoms with Crippen molar-refractivity contribution >= 4 is 33.9 Å². The van der Waals surface area contributed by atoms with E-state index in [9.17, 15) is 4.79 Å². The molecular formula is C18H15N5O. The summed E-state index contributed by atoms with van der Waals surface area (Å²) in [5.41, 5.74) is 2.84. The van der Waals surface area contributed by atoms with E-state index in [-0.39, 0.29) is 5.91 Å². The van der Waals surface area contributed by atoms with Gasteiger partial charge in [-0.25, -0.2) is 4.68 Å². The van der Waals surface area contributed by atoms with Crippen LogP contribution in [0.25, 0.3) is 16.5 Å². The van der Waals surface area contributed by atoms with Crippen LogP contribution in [-0.2, 0) is 0 Å². The fourth-order valence-corrected chi connectivity index (χ4v) is 2.82. The number of allylic oxidation sites excluding steroid dienone is 2. The van der Waals surface area contributed by atoms with Crippen molar-refractivity contribution in [3.8, 4) is 0 Å². The van der Waals surface area contributed by atoms with E-state index in [1.807, 2.05) is 37.3 Å². The third-order valence-corrected chi connectivity index (χ3v) is 3.94. The Kier molecular flexibility index (Phi) is 3.16. The number of nitrogens with zero attached hydrogens (tertiary/aromatic N) is 3. The summed E-state index contributed by atoms with van der Waals surface area (Å²) in [6, 6.07) is 7.60. The molecule has 1 aliphatic rings. The second-order valence-electron chi connectivity index (χ2n) is 5.61. The molecule has 0 bridgehead atoms. The van der Waals surface area contributed by atoms with Crippen molar-refractivity contribution in [1.82, 2.24) is 14.8 Å². The first-order valence-electron chi connectivity index (χ1n) is 7.50. The van der Waals surface area contributed by atoms with Crippen LogP contribution < -0.4 is 10.6 Å². The predicted molar refractivity (Wildman–Crippen MR) is 94.6 cm³/mol. The topological polar surface area (TPSA) is 71.8 Å². The quantitative estimate of drug-likeness (QED) is 0.759. The van der Waals surface area contributed by atoms with Crippen molar-refractivity contribution in [3.05, 3.63) is 66.8 Å². The van der Waals surface area contributed by atoms with Crippen LogP contribution in [0.15, 0.2) is 61.2 Å². The smallest absolute Gasteiger partial charge is 0.261 e. The highest BCUT2D eigenvalue weighted by Crippen LogP contribution is 2.28. The number of nitrogens with one attached hydrogen (secondary N) is 2. The minimum Gasteiger partial charge on any atom is -0.340 e. The molecule has 3 aromatic rings. The maximum Gasteiger partial charge on any atom is 0.261 e. The lowest BCUT2D eigenvalue weighted by Gasteiger charge is -2.17. The molecule has 118 valence electrons. The second-order valence-corrected chi connectivity index (χ2v) is 5.61. The van der Waals surface area contributed by atoms with Crippen molar-refractivity contribution in [2.75, 3.05) is 10.6 Å². The number of carbonyl (C=O) groups excluding carboxylic acids is 1. The first-order valence-corrected chi connectivity index (χ1v) is 7.50. The minimum absolute atomic E-state index is 0.226. The summed E-state index contributed by atoms with van der Waals surface area (Å²) in [4.78, 5) is 16.8. The lowest BCUT2D eigenvalue weighted by molar-refractivity contribution is 0.102. The summed E-state index contributed by atoms with van der Waals surface area (Å²) < 4.78 is 1.69. The van der Waals surface area contributed by atoms with Gasteiger partial charge in [0, 0.05) is 40.2 Å². The normalized spacial score (nSPS) is 13.2. The van der Waals surface area contributed by atoms with E-state index in [0.717, 1.165) is 27.9 Å². The van der Waals surface area contributed by atoms with Gasteiger partial charge in [0.05, 0.1) is 6.20 Å². The number of carbonyl (C=O) groups is 1. The molecule has 0 spiro atoms. The Labute approximate surface area is 138 Å². The average molecular weight is 317 g/mol. The van der Waals surface area contributed by atoms with E-state index in [0.29, 0.717) is 11.4 Å². The Balaban J connectivity index is 1.71. The van der Waals surface area contributed by atoms with E-state index in [4.69, 9.17) is 0 Å². The van der Waals surface area contributed by atoms with Gasteiger partial charge in [-0.15, -0.1) is 0 Å². The standard InChI is InChI=1S/C18H15N5O/c1-11-8-12(2)23-17(21-11)15(10-20-23)18(24)22-16-5-3-4-13-9-19-7-6-14(13)16/h3-10,21H,1H2,2H3,(H,22,24).